The summed E-state index contributed by atoms with van der Waals surface area (Å²) >= 11 is 0. The lowest BCUT2D eigenvalue weighted by atomic mass is 10.2. The van der Waals surface area contributed by atoms with Crippen LogP contribution in [0.2, 0.25) is 0 Å². The summed E-state index contributed by atoms with van der Waals surface area (Å²) in [6, 6.07) is 12.3. The normalized spacial score (nSPS) is 10.2. The van der Waals surface area contributed by atoms with Crippen molar-refractivity contribution in [2.75, 3.05) is 5.32 Å². The van der Waals surface area contributed by atoms with Crippen molar-refractivity contribution < 1.29 is 9.21 Å². The Bertz CT molecular complexity index is 830. The average Bonchev–Trinajstić information content (AvgIpc) is 2.90. The first kappa shape index (κ1) is 11.9. The smallest absolute Gasteiger partial charge is 0.255 e. The summed E-state index contributed by atoms with van der Waals surface area (Å²) in [6.07, 6.45) is 2.93. The molecule has 1 amide bonds. The van der Waals surface area contributed by atoms with Crippen molar-refractivity contribution in [3.05, 3.63) is 60.1 Å². The molecule has 0 spiro atoms. The van der Waals surface area contributed by atoms with Crippen molar-refractivity contribution in [2.24, 2.45) is 0 Å². The number of pyridine rings is 1. The van der Waals surface area contributed by atoms with Crippen molar-refractivity contribution in [3.63, 3.8) is 0 Å². The monoisotopic (exact) mass is 263 g/mol. The minimum atomic E-state index is -0.310. The van der Waals surface area contributed by atoms with E-state index in [9.17, 15) is 4.79 Å². The zero-order valence-corrected chi connectivity index (χ0v) is 10.3. The number of amides is 1. The van der Waals surface area contributed by atoms with E-state index in [1.165, 1.54) is 18.5 Å². The number of carbonyl (C=O) groups excluding carboxylic acids is 1. The highest BCUT2D eigenvalue weighted by Crippen LogP contribution is 2.25. The zero-order chi connectivity index (χ0) is 13.9. The molecule has 0 saturated heterocycles. The third kappa shape index (κ3) is 2.10. The molecule has 0 unspecified atom stereocenters. The Morgan fingerprint density at radius 1 is 1.30 bits per heavy atom. The predicted octanol–water partition coefficient (Wildman–Crippen LogP) is 2.95. The van der Waals surface area contributed by atoms with E-state index >= 15 is 0 Å². The summed E-state index contributed by atoms with van der Waals surface area (Å²) in [4.78, 5) is 16.0. The molecule has 0 aliphatic heterocycles. The molecule has 0 radical (unpaired) electrons. The fourth-order valence-corrected chi connectivity index (χ4v) is 1.90. The van der Waals surface area contributed by atoms with Crippen molar-refractivity contribution in [3.8, 4) is 6.07 Å². The SMILES string of the molecule is N#Cc1cc(C(=O)Nc2coc3ccccc23)ccn1. The first-order chi connectivity index (χ1) is 9.78. The molecule has 96 valence electrons. The Kier molecular flexibility index (Phi) is 2.90. The predicted molar refractivity (Wildman–Crippen MR) is 73.1 cm³/mol. The molecule has 0 fully saturated rings. The molecule has 0 aliphatic rings. The van der Waals surface area contributed by atoms with Gasteiger partial charge in [-0.1, -0.05) is 12.1 Å². The van der Waals surface area contributed by atoms with Gasteiger partial charge in [0.05, 0.1) is 5.69 Å². The highest BCUT2D eigenvalue weighted by Gasteiger charge is 2.11. The van der Waals surface area contributed by atoms with Crippen LogP contribution in [0.4, 0.5) is 5.69 Å². The van der Waals surface area contributed by atoms with Crippen LogP contribution in [0.25, 0.3) is 11.0 Å². The summed E-state index contributed by atoms with van der Waals surface area (Å²) in [5, 5.41) is 12.4. The van der Waals surface area contributed by atoms with Crippen LogP contribution in [0.15, 0.2) is 53.3 Å². The molecule has 0 saturated carbocycles. The average molecular weight is 263 g/mol. The van der Waals surface area contributed by atoms with Gasteiger partial charge in [0.1, 0.15) is 23.6 Å². The van der Waals surface area contributed by atoms with Gasteiger partial charge in [-0.2, -0.15) is 5.26 Å². The topological polar surface area (TPSA) is 78.9 Å². The van der Waals surface area contributed by atoms with Crippen molar-refractivity contribution in [1.82, 2.24) is 4.98 Å². The van der Waals surface area contributed by atoms with Gasteiger partial charge in [0.25, 0.3) is 5.91 Å². The second kappa shape index (κ2) is 4.86. The van der Waals surface area contributed by atoms with Gasteiger partial charge in [-0.15, -0.1) is 0 Å². The fourth-order valence-electron chi connectivity index (χ4n) is 1.90. The molecule has 5 nitrogen and oxygen atoms in total. The molecule has 2 aromatic heterocycles. The Morgan fingerprint density at radius 2 is 2.15 bits per heavy atom. The van der Waals surface area contributed by atoms with Gasteiger partial charge in [-0.25, -0.2) is 4.98 Å². The molecule has 20 heavy (non-hydrogen) atoms. The third-order valence-corrected chi connectivity index (χ3v) is 2.87. The van der Waals surface area contributed by atoms with Gasteiger partial charge >= 0.3 is 0 Å². The Labute approximate surface area is 114 Å². The molecular formula is C15H9N3O2. The van der Waals surface area contributed by atoms with Crippen LogP contribution < -0.4 is 5.32 Å². The van der Waals surface area contributed by atoms with Crippen LogP contribution in [-0.4, -0.2) is 10.9 Å². The number of carbonyl (C=O) groups is 1. The van der Waals surface area contributed by atoms with Gasteiger partial charge in [-0.05, 0) is 24.3 Å². The maximum atomic E-state index is 12.1. The first-order valence-electron chi connectivity index (χ1n) is 5.91. The number of rotatable bonds is 2. The van der Waals surface area contributed by atoms with Crippen molar-refractivity contribution in [1.29, 1.82) is 5.26 Å². The van der Waals surface area contributed by atoms with E-state index in [-0.39, 0.29) is 11.6 Å². The number of benzene rings is 1. The van der Waals surface area contributed by atoms with Gasteiger partial charge in [-0.3, -0.25) is 4.79 Å². The lowest BCUT2D eigenvalue weighted by Crippen LogP contribution is -2.11. The fraction of sp³-hybridized carbons (Fsp3) is 0. The number of fused-ring (bicyclic) bond motifs is 1. The quantitative estimate of drug-likeness (QED) is 0.770. The highest BCUT2D eigenvalue weighted by molar-refractivity contribution is 6.08. The summed E-state index contributed by atoms with van der Waals surface area (Å²) in [5.74, 6) is -0.310. The van der Waals surface area contributed by atoms with Gasteiger partial charge < -0.3 is 9.73 Å². The number of anilines is 1. The van der Waals surface area contributed by atoms with Crippen LogP contribution in [0.3, 0.4) is 0 Å². The third-order valence-electron chi connectivity index (χ3n) is 2.87. The van der Waals surface area contributed by atoms with Crippen LogP contribution in [-0.2, 0) is 0 Å². The highest BCUT2D eigenvalue weighted by atomic mass is 16.3. The van der Waals surface area contributed by atoms with E-state index in [0.29, 0.717) is 16.8 Å². The standard InChI is InChI=1S/C15H9N3O2/c16-8-11-7-10(5-6-17-11)15(19)18-13-9-20-14-4-2-1-3-12(13)14/h1-7,9H,(H,18,19). The van der Waals surface area contributed by atoms with E-state index in [2.05, 4.69) is 10.3 Å². The van der Waals surface area contributed by atoms with E-state index < -0.39 is 0 Å². The molecule has 3 rings (SSSR count). The van der Waals surface area contributed by atoms with Crippen molar-refractivity contribution >= 4 is 22.6 Å². The molecule has 5 heteroatoms. The number of furan rings is 1. The molecule has 3 aromatic rings. The minimum absolute atomic E-state index is 0.203. The summed E-state index contributed by atoms with van der Waals surface area (Å²) in [5.41, 5.74) is 1.88. The van der Waals surface area contributed by atoms with Gasteiger partial charge in [0.15, 0.2) is 0 Å². The van der Waals surface area contributed by atoms with Crippen molar-refractivity contribution in [2.45, 2.75) is 0 Å². The van der Waals surface area contributed by atoms with Crippen LogP contribution in [0, 0.1) is 11.3 Å². The summed E-state index contributed by atoms with van der Waals surface area (Å²) in [7, 11) is 0. The lowest BCUT2D eigenvalue weighted by molar-refractivity contribution is 0.102. The second-order valence-electron chi connectivity index (χ2n) is 4.14. The second-order valence-corrected chi connectivity index (χ2v) is 4.14. The largest absolute Gasteiger partial charge is 0.462 e. The van der Waals surface area contributed by atoms with Crippen LogP contribution in [0.5, 0.6) is 0 Å². The van der Waals surface area contributed by atoms with E-state index in [0.717, 1.165) is 5.39 Å². The first-order valence-corrected chi connectivity index (χ1v) is 5.91. The number of para-hydroxylation sites is 1. The molecule has 0 bridgehead atoms. The van der Waals surface area contributed by atoms with Crippen LogP contribution >= 0.6 is 0 Å². The Balaban J connectivity index is 1.91. The number of hydrogen-bond donors (Lipinski definition) is 1. The molecule has 2 heterocycles. The maximum absolute atomic E-state index is 12.1. The molecular weight excluding hydrogens is 254 g/mol. The molecule has 0 atom stereocenters. The number of nitrogens with zero attached hydrogens (tertiary/aromatic N) is 2. The molecule has 1 aromatic carbocycles. The number of nitrogens with one attached hydrogen (secondary N) is 1. The summed E-state index contributed by atoms with van der Waals surface area (Å²) < 4.78 is 5.35. The zero-order valence-electron chi connectivity index (χ0n) is 10.3. The van der Waals surface area contributed by atoms with Crippen LogP contribution in [0.1, 0.15) is 16.1 Å². The molecule has 0 aliphatic carbocycles. The Hall–Kier alpha value is -3.13. The van der Waals surface area contributed by atoms with E-state index in [4.69, 9.17) is 9.68 Å². The maximum Gasteiger partial charge on any atom is 0.255 e. The van der Waals surface area contributed by atoms with Gasteiger partial charge in [0, 0.05) is 17.1 Å². The Morgan fingerprint density at radius 3 is 3.00 bits per heavy atom. The summed E-state index contributed by atoms with van der Waals surface area (Å²) in [6.45, 7) is 0. The number of nitriles is 1. The lowest BCUT2D eigenvalue weighted by Gasteiger charge is -2.03. The van der Waals surface area contributed by atoms with E-state index in [1.54, 1.807) is 6.07 Å². The molecule has 1 N–H and O–H groups in total. The van der Waals surface area contributed by atoms with Gasteiger partial charge in [0.2, 0.25) is 0 Å². The number of hydrogen-bond acceptors (Lipinski definition) is 4. The number of aromatic nitrogens is 1. The minimum Gasteiger partial charge on any atom is -0.462 e. The van der Waals surface area contributed by atoms with E-state index in [1.807, 2.05) is 30.3 Å².